The largest absolute Gasteiger partial charge is 0.477 e. The Kier molecular flexibility index (Phi) is 17.7. The van der Waals surface area contributed by atoms with Crippen molar-refractivity contribution in [3.05, 3.63) is 12.2 Å². The normalized spacial score (nSPS) is 11.8. The van der Waals surface area contributed by atoms with Crippen molar-refractivity contribution >= 4 is 17.9 Å². The van der Waals surface area contributed by atoms with Crippen molar-refractivity contribution < 1.29 is 34.2 Å². The Hall–Kier alpha value is -1.89. The molecule has 0 aliphatic heterocycles. The zero-order valence-corrected chi connectivity index (χ0v) is 19.4. The van der Waals surface area contributed by atoms with Gasteiger partial charge in [0.25, 0.3) is 0 Å². The number of unbranched alkanes of at least 4 members (excludes halogenated alkanes) is 12. The van der Waals surface area contributed by atoms with Gasteiger partial charge in [-0.2, -0.15) is 0 Å². The maximum absolute atomic E-state index is 11.1. The number of hydrogen-bond acceptors (Lipinski definition) is 3. The van der Waals surface area contributed by atoms with E-state index in [2.05, 4.69) is 19.1 Å². The van der Waals surface area contributed by atoms with E-state index in [1.165, 1.54) is 64.2 Å². The van der Waals surface area contributed by atoms with E-state index in [-0.39, 0.29) is 6.54 Å². The third-order valence-electron chi connectivity index (χ3n) is 5.56. The lowest BCUT2D eigenvalue weighted by atomic mass is 10.1. The second-order valence-corrected chi connectivity index (χ2v) is 8.66. The number of hydrogen-bond donors (Lipinski definition) is 3. The number of nitrogens with zero attached hydrogens (tertiary/aromatic N) is 1. The Morgan fingerprint density at radius 2 is 0.935 bits per heavy atom. The van der Waals surface area contributed by atoms with Gasteiger partial charge in [-0.25, -0.2) is 14.4 Å². The molecule has 0 saturated carbocycles. The Morgan fingerprint density at radius 3 is 1.32 bits per heavy atom. The summed E-state index contributed by atoms with van der Waals surface area (Å²) in [7, 11) is 0. The Balaban J connectivity index is 3.95. The molecule has 0 aliphatic rings. The fourth-order valence-corrected chi connectivity index (χ4v) is 3.96. The van der Waals surface area contributed by atoms with Gasteiger partial charge in [-0.15, -0.1) is 0 Å². The van der Waals surface area contributed by atoms with Gasteiger partial charge in [0.15, 0.2) is 19.6 Å². The van der Waals surface area contributed by atoms with Gasteiger partial charge in [-0.05, 0) is 32.1 Å². The van der Waals surface area contributed by atoms with Gasteiger partial charge in [0.1, 0.15) is 0 Å². The maximum atomic E-state index is 11.1. The summed E-state index contributed by atoms with van der Waals surface area (Å²) in [6, 6.07) is 0. The Labute approximate surface area is 187 Å². The van der Waals surface area contributed by atoms with Crippen LogP contribution in [-0.2, 0) is 14.4 Å². The molecule has 0 aromatic carbocycles. The quantitative estimate of drug-likeness (QED) is 0.122. The monoisotopic (exact) mass is 442 g/mol. The standard InChI is InChI=1S/C24H43NO6/c1-2-3-4-5-6-7-8-9-10-11-12-13-14-15-16-17-18-25(19-22(26)27,20-23(28)29)21-24(30)31/h13-14H,2-12,15-21H2,1H3,(H2-,26,27,28,29,30,31)/p+1/b14-13+. The van der Waals surface area contributed by atoms with Gasteiger partial charge in [0.05, 0.1) is 6.54 Å². The van der Waals surface area contributed by atoms with Crippen LogP contribution in [0.2, 0.25) is 0 Å². The number of quaternary nitrogens is 1. The molecular weight excluding hydrogens is 398 g/mol. The van der Waals surface area contributed by atoms with Crippen LogP contribution in [0.4, 0.5) is 0 Å². The first-order valence-electron chi connectivity index (χ1n) is 12.0. The van der Waals surface area contributed by atoms with E-state index in [9.17, 15) is 14.4 Å². The molecule has 0 aromatic heterocycles. The SMILES string of the molecule is CCCCCCCCCCCC/C=C/CCCC[N+](CC(=O)O)(CC(=O)O)CC(=O)O. The number of aliphatic carboxylic acids is 3. The molecule has 7 nitrogen and oxygen atoms in total. The summed E-state index contributed by atoms with van der Waals surface area (Å²) in [6.07, 6.45) is 20.8. The average molecular weight is 443 g/mol. The minimum absolute atomic E-state index is 0.233. The first-order valence-corrected chi connectivity index (χ1v) is 12.0. The van der Waals surface area contributed by atoms with Crippen LogP contribution in [-0.4, -0.2) is 63.9 Å². The highest BCUT2D eigenvalue weighted by atomic mass is 16.4. The van der Waals surface area contributed by atoms with E-state index in [1.807, 2.05) is 0 Å². The van der Waals surface area contributed by atoms with E-state index >= 15 is 0 Å². The van der Waals surface area contributed by atoms with Crippen molar-refractivity contribution in [3.63, 3.8) is 0 Å². The molecule has 7 heteroatoms. The highest BCUT2D eigenvalue weighted by Gasteiger charge is 2.35. The van der Waals surface area contributed by atoms with E-state index in [1.54, 1.807) is 0 Å². The van der Waals surface area contributed by atoms with Crippen LogP contribution in [0, 0.1) is 0 Å². The average Bonchev–Trinajstić information content (AvgIpc) is 2.66. The molecule has 0 atom stereocenters. The summed E-state index contributed by atoms with van der Waals surface area (Å²) in [5, 5.41) is 27.3. The van der Waals surface area contributed by atoms with Crippen LogP contribution in [0.25, 0.3) is 0 Å². The zero-order chi connectivity index (χ0) is 23.4. The molecule has 180 valence electrons. The summed E-state index contributed by atoms with van der Waals surface area (Å²) >= 11 is 0. The highest BCUT2D eigenvalue weighted by Crippen LogP contribution is 2.13. The molecule has 0 fully saturated rings. The molecule has 0 heterocycles. The lowest BCUT2D eigenvalue weighted by Crippen LogP contribution is -2.57. The van der Waals surface area contributed by atoms with Crippen LogP contribution in [0.5, 0.6) is 0 Å². The van der Waals surface area contributed by atoms with Gasteiger partial charge in [0, 0.05) is 0 Å². The number of carboxylic acids is 3. The predicted molar refractivity (Wildman–Crippen MR) is 122 cm³/mol. The molecule has 0 unspecified atom stereocenters. The molecule has 0 saturated heterocycles. The van der Waals surface area contributed by atoms with Crippen molar-refractivity contribution in [2.24, 2.45) is 0 Å². The molecule has 0 bridgehead atoms. The third-order valence-corrected chi connectivity index (χ3v) is 5.56. The lowest BCUT2D eigenvalue weighted by Gasteiger charge is -2.34. The molecule has 0 spiro atoms. The van der Waals surface area contributed by atoms with Crippen molar-refractivity contribution in [3.8, 4) is 0 Å². The minimum atomic E-state index is -1.18. The summed E-state index contributed by atoms with van der Waals surface area (Å²) in [4.78, 5) is 33.4. The fourth-order valence-electron chi connectivity index (χ4n) is 3.96. The number of carboxylic acid groups (broad SMARTS) is 3. The van der Waals surface area contributed by atoms with Gasteiger partial charge < -0.3 is 15.3 Å². The second-order valence-electron chi connectivity index (χ2n) is 8.66. The summed E-state index contributed by atoms with van der Waals surface area (Å²) in [5.41, 5.74) is 0. The Bertz CT molecular complexity index is 491. The highest BCUT2D eigenvalue weighted by molar-refractivity contribution is 5.73. The molecule has 0 aliphatic carbocycles. The maximum Gasteiger partial charge on any atom is 0.359 e. The molecule has 3 N–H and O–H groups in total. The van der Waals surface area contributed by atoms with Crippen LogP contribution < -0.4 is 0 Å². The van der Waals surface area contributed by atoms with Crippen molar-refractivity contribution in [2.45, 2.75) is 96.8 Å². The number of rotatable bonds is 22. The summed E-state index contributed by atoms with van der Waals surface area (Å²) in [6.45, 7) is 0.996. The van der Waals surface area contributed by atoms with Crippen molar-refractivity contribution in [1.82, 2.24) is 0 Å². The molecule has 31 heavy (non-hydrogen) atoms. The van der Waals surface area contributed by atoms with E-state index in [4.69, 9.17) is 15.3 Å². The topological polar surface area (TPSA) is 112 Å². The molecule has 0 aromatic rings. The minimum Gasteiger partial charge on any atom is -0.477 e. The van der Waals surface area contributed by atoms with Crippen molar-refractivity contribution in [1.29, 1.82) is 0 Å². The van der Waals surface area contributed by atoms with Gasteiger partial charge in [0.2, 0.25) is 0 Å². The summed E-state index contributed by atoms with van der Waals surface area (Å²) in [5.74, 6) is -3.54. The third kappa shape index (κ3) is 18.6. The predicted octanol–water partition coefficient (Wildman–Crippen LogP) is 5.09. The summed E-state index contributed by atoms with van der Waals surface area (Å²) < 4.78 is -0.456. The smallest absolute Gasteiger partial charge is 0.359 e. The van der Waals surface area contributed by atoms with Crippen LogP contribution in [0.1, 0.15) is 96.8 Å². The van der Waals surface area contributed by atoms with E-state index in [0.29, 0.717) is 6.42 Å². The first-order chi connectivity index (χ1) is 14.8. The molecular formula is C24H44NO6+. The van der Waals surface area contributed by atoms with Gasteiger partial charge in [-0.1, -0.05) is 76.9 Å². The van der Waals surface area contributed by atoms with Crippen LogP contribution in [0.3, 0.4) is 0 Å². The molecule has 0 rings (SSSR count). The van der Waals surface area contributed by atoms with Crippen LogP contribution >= 0.6 is 0 Å². The van der Waals surface area contributed by atoms with E-state index < -0.39 is 42.0 Å². The number of allylic oxidation sites excluding steroid dienone is 2. The van der Waals surface area contributed by atoms with Gasteiger partial charge in [-0.3, -0.25) is 4.48 Å². The zero-order valence-electron chi connectivity index (χ0n) is 19.4. The molecule has 0 amide bonds. The molecule has 0 radical (unpaired) electrons. The van der Waals surface area contributed by atoms with Crippen molar-refractivity contribution in [2.75, 3.05) is 26.2 Å². The van der Waals surface area contributed by atoms with Gasteiger partial charge >= 0.3 is 17.9 Å². The second kappa shape index (κ2) is 18.8. The fraction of sp³-hybridized carbons (Fsp3) is 0.792. The number of carbonyl (C=O) groups is 3. The van der Waals surface area contributed by atoms with E-state index in [0.717, 1.165) is 19.3 Å². The lowest BCUT2D eigenvalue weighted by molar-refractivity contribution is -0.907. The Morgan fingerprint density at radius 1 is 0.581 bits per heavy atom. The van der Waals surface area contributed by atoms with Crippen LogP contribution in [0.15, 0.2) is 12.2 Å². The first kappa shape index (κ1) is 29.1.